The fourth-order valence-electron chi connectivity index (χ4n) is 4.03. The van der Waals surface area contributed by atoms with Crippen LogP contribution >= 0.6 is 0 Å². The summed E-state index contributed by atoms with van der Waals surface area (Å²) >= 11 is 0. The summed E-state index contributed by atoms with van der Waals surface area (Å²) in [4.78, 5) is 4.48. The van der Waals surface area contributed by atoms with Crippen LogP contribution in [0, 0.1) is 11.3 Å². The minimum Gasteiger partial charge on any atom is -0.309 e. The van der Waals surface area contributed by atoms with Crippen molar-refractivity contribution in [2.45, 2.75) is 0 Å². The van der Waals surface area contributed by atoms with Crippen LogP contribution in [0.2, 0.25) is 0 Å². The first-order valence-corrected chi connectivity index (χ1v) is 9.52. The van der Waals surface area contributed by atoms with E-state index >= 15 is 0 Å². The second-order valence-electron chi connectivity index (χ2n) is 7.12. The van der Waals surface area contributed by atoms with Gasteiger partial charge in [0.25, 0.3) is 0 Å². The average Bonchev–Trinajstić information content (AvgIpc) is 3.40. The summed E-state index contributed by atoms with van der Waals surface area (Å²) < 4.78 is 2.20. The van der Waals surface area contributed by atoms with Crippen LogP contribution in [0.4, 0.5) is 0 Å². The van der Waals surface area contributed by atoms with E-state index in [0.29, 0.717) is 5.56 Å². The summed E-state index contributed by atoms with van der Waals surface area (Å²) in [6.45, 7) is 0. The number of hydrogen-bond acceptors (Lipinski definition) is 4. The molecule has 1 N–H and O–H groups in total. The molecule has 3 heterocycles. The third-order valence-electron chi connectivity index (χ3n) is 5.41. The Balaban J connectivity index is 1.70. The molecule has 0 saturated heterocycles. The predicted molar refractivity (Wildman–Crippen MR) is 116 cm³/mol. The van der Waals surface area contributed by atoms with Gasteiger partial charge in [-0.05, 0) is 60.7 Å². The molecule has 0 spiro atoms. The van der Waals surface area contributed by atoms with Crippen LogP contribution in [0.15, 0.2) is 79.0 Å². The number of pyridine rings is 1. The van der Waals surface area contributed by atoms with Gasteiger partial charge in [0.2, 0.25) is 0 Å². The molecule has 3 aromatic carbocycles. The van der Waals surface area contributed by atoms with E-state index in [1.165, 1.54) is 0 Å². The normalized spacial score (nSPS) is 11.3. The molecular weight excluding hydrogens is 372 g/mol. The van der Waals surface area contributed by atoms with Gasteiger partial charge in [-0.1, -0.05) is 12.1 Å². The van der Waals surface area contributed by atoms with E-state index in [1.54, 1.807) is 6.20 Å². The lowest BCUT2D eigenvalue weighted by Crippen LogP contribution is -1.94. The summed E-state index contributed by atoms with van der Waals surface area (Å²) in [5.74, 6) is 0. The zero-order valence-electron chi connectivity index (χ0n) is 15.7. The van der Waals surface area contributed by atoms with Gasteiger partial charge in [0, 0.05) is 28.2 Å². The number of fused-ring (bicyclic) bond motifs is 4. The third kappa shape index (κ3) is 2.39. The van der Waals surface area contributed by atoms with Crippen molar-refractivity contribution in [2.24, 2.45) is 0 Å². The monoisotopic (exact) mass is 386 g/mol. The summed E-state index contributed by atoms with van der Waals surface area (Å²) in [7, 11) is 0. The minimum absolute atomic E-state index is 0.636. The molecule has 6 rings (SSSR count). The zero-order valence-corrected chi connectivity index (χ0v) is 15.7. The Hall–Kier alpha value is -4.50. The molecule has 0 aliphatic rings. The average molecular weight is 386 g/mol. The highest BCUT2D eigenvalue weighted by molar-refractivity contribution is 6.11. The smallest absolute Gasteiger partial charge is 0.115 e. The molecule has 30 heavy (non-hydrogen) atoms. The second kappa shape index (κ2) is 6.26. The highest BCUT2D eigenvalue weighted by atomic mass is 15.3. The SMILES string of the molecule is N#Cc1ccc2c(c1)c1cc(-c3ccccn3)ccc1n2-c1ccc2n[nH]nc2c1. The second-order valence-corrected chi connectivity index (χ2v) is 7.12. The first-order valence-electron chi connectivity index (χ1n) is 9.52. The fraction of sp³-hybridized carbons (Fsp3) is 0. The number of nitrogens with zero attached hydrogens (tertiary/aromatic N) is 5. The Kier molecular flexibility index (Phi) is 3.43. The Labute approximate surface area is 171 Å². The van der Waals surface area contributed by atoms with E-state index in [2.05, 4.69) is 49.2 Å². The summed E-state index contributed by atoms with van der Waals surface area (Å²) in [6, 6.07) is 26.3. The van der Waals surface area contributed by atoms with Crippen LogP contribution in [0.3, 0.4) is 0 Å². The Morgan fingerprint density at radius 2 is 1.63 bits per heavy atom. The van der Waals surface area contributed by atoms with Crippen molar-refractivity contribution in [3.8, 4) is 23.0 Å². The number of nitrogens with one attached hydrogen (secondary N) is 1. The Bertz CT molecular complexity index is 1600. The van der Waals surface area contributed by atoms with Crippen LogP contribution in [-0.2, 0) is 0 Å². The number of nitriles is 1. The minimum atomic E-state index is 0.636. The predicted octanol–water partition coefficient (Wildman–Crippen LogP) is 4.99. The molecule has 0 fully saturated rings. The van der Waals surface area contributed by atoms with Gasteiger partial charge in [0.15, 0.2) is 0 Å². The van der Waals surface area contributed by atoms with Gasteiger partial charge in [0.1, 0.15) is 11.0 Å². The summed E-state index contributed by atoms with van der Waals surface area (Å²) in [6.07, 6.45) is 1.80. The fourth-order valence-corrected chi connectivity index (χ4v) is 4.03. The molecule has 0 bridgehead atoms. The maximum atomic E-state index is 9.43. The maximum Gasteiger partial charge on any atom is 0.115 e. The van der Waals surface area contributed by atoms with Gasteiger partial charge in [-0.15, -0.1) is 0 Å². The molecule has 0 unspecified atom stereocenters. The molecular formula is C24H14N6. The zero-order chi connectivity index (χ0) is 20.1. The maximum absolute atomic E-state index is 9.43. The van der Waals surface area contributed by atoms with Crippen LogP contribution < -0.4 is 0 Å². The van der Waals surface area contributed by atoms with E-state index < -0.39 is 0 Å². The lowest BCUT2D eigenvalue weighted by atomic mass is 10.1. The Morgan fingerprint density at radius 1 is 0.800 bits per heavy atom. The molecule has 0 amide bonds. The van der Waals surface area contributed by atoms with E-state index in [9.17, 15) is 5.26 Å². The highest BCUT2D eigenvalue weighted by Gasteiger charge is 2.15. The van der Waals surface area contributed by atoms with E-state index in [0.717, 1.165) is 49.8 Å². The molecule has 0 saturated carbocycles. The van der Waals surface area contributed by atoms with Crippen molar-refractivity contribution >= 4 is 32.8 Å². The summed E-state index contributed by atoms with van der Waals surface area (Å²) in [5, 5.41) is 22.6. The molecule has 3 aromatic heterocycles. The molecule has 6 nitrogen and oxygen atoms in total. The van der Waals surface area contributed by atoms with Gasteiger partial charge in [-0.3, -0.25) is 4.98 Å². The molecule has 6 aromatic rings. The van der Waals surface area contributed by atoms with Crippen molar-refractivity contribution in [1.29, 1.82) is 5.26 Å². The highest BCUT2D eigenvalue weighted by Crippen LogP contribution is 2.35. The van der Waals surface area contributed by atoms with Crippen molar-refractivity contribution in [2.75, 3.05) is 0 Å². The van der Waals surface area contributed by atoms with Crippen LogP contribution in [0.1, 0.15) is 5.56 Å². The van der Waals surface area contributed by atoms with Gasteiger partial charge >= 0.3 is 0 Å². The van der Waals surface area contributed by atoms with Crippen LogP contribution in [0.25, 0.3) is 49.8 Å². The lowest BCUT2D eigenvalue weighted by molar-refractivity contribution is 0.959. The largest absolute Gasteiger partial charge is 0.309 e. The van der Waals surface area contributed by atoms with Crippen molar-refractivity contribution in [3.05, 3.63) is 84.6 Å². The van der Waals surface area contributed by atoms with Crippen molar-refractivity contribution < 1.29 is 0 Å². The molecule has 0 aliphatic carbocycles. The molecule has 0 atom stereocenters. The quantitative estimate of drug-likeness (QED) is 0.454. The number of rotatable bonds is 2. The van der Waals surface area contributed by atoms with Gasteiger partial charge in [-0.2, -0.15) is 20.7 Å². The van der Waals surface area contributed by atoms with Gasteiger partial charge < -0.3 is 4.57 Å². The molecule has 0 aliphatic heterocycles. The van der Waals surface area contributed by atoms with Gasteiger partial charge in [0.05, 0.1) is 28.4 Å². The van der Waals surface area contributed by atoms with E-state index in [4.69, 9.17) is 0 Å². The molecule has 6 heteroatoms. The summed E-state index contributed by atoms with van der Waals surface area (Å²) in [5.41, 5.74) is 7.30. The van der Waals surface area contributed by atoms with Crippen molar-refractivity contribution in [3.63, 3.8) is 0 Å². The van der Waals surface area contributed by atoms with Crippen molar-refractivity contribution in [1.82, 2.24) is 25.0 Å². The first kappa shape index (κ1) is 16.5. The number of benzene rings is 3. The van der Waals surface area contributed by atoms with Crippen LogP contribution in [-0.4, -0.2) is 25.0 Å². The standard InChI is InChI=1S/C24H14N6/c25-14-15-4-8-23-18(11-15)19-12-16(20-3-1-2-10-26-20)5-9-24(19)30(23)17-6-7-21-22(13-17)28-29-27-21/h1-13H,(H,27,28,29). The number of aromatic nitrogens is 5. The molecule has 0 radical (unpaired) electrons. The topological polar surface area (TPSA) is 83.2 Å². The Morgan fingerprint density at radius 3 is 2.47 bits per heavy atom. The van der Waals surface area contributed by atoms with Crippen LogP contribution in [0.5, 0.6) is 0 Å². The third-order valence-corrected chi connectivity index (χ3v) is 5.41. The number of H-pyrrole nitrogens is 1. The van der Waals surface area contributed by atoms with E-state index in [1.807, 2.05) is 54.6 Å². The van der Waals surface area contributed by atoms with Gasteiger partial charge in [-0.25, -0.2) is 0 Å². The van der Waals surface area contributed by atoms with E-state index in [-0.39, 0.29) is 0 Å². The lowest BCUT2D eigenvalue weighted by Gasteiger charge is -2.08. The number of hydrogen-bond donors (Lipinski definition) is 1. The number of aromatic amines is 1. The first-order chi connectivity index (χ1) is 14.8. The molecule has 140 valence electrons.